The number of hydrogen-bond acceptors (Lipinski definition) is 3. The smallest absolute Gasteiger partial charge is 0.405 e. The van der Waals surface area contributed by atoms with Crippen LogP contribution in [-0.4, -0.2) is 35.3 Å². The number of carbonyl (C=O) groups is 1. The summed E-state index contributed by atoms with van der Waals surface area (Å²) in [5.41, 5.74) is 3.48. The molecular formula is C25H26N2O3. The fourth-order valence-electron chi connectivity index (χ4n) is 3.94. The molecule has 0 radical (unpaired) electrons. The molecule has 1 aliphatic rings. The molecule has 1 aliphatic heterocycles. The molecule has 0 aliphatic carbocycles. The standard InChI is InChI=1S/C25H26N2O3/c1-18(26-25(28)29)19-12-14-22(15-13-19)30-23-16-27(17-23)24(20-8-4-2-5-9-20)21-10-6-3-7-11-21/h2-15,18,23-24,26H,16-17H2,1H3,(H,28,29). The highest BCUT2D eigenvalue weighted by Crippen LogP contribution is 2.33. The van der Waals surface area contributed by atoms with Crippen molar-refractivity contribution in [2.75, 3.05) is 13.1 Å². The third kappa shape index (κ3) is 4.63. The summed E-state index contributed by atoms with van der Waals surface area (Å²) in [5, 5.41) is 11.3. The van der Waals surface area contributed by atoms with Crippen molar-refractivity contribution in [2.45, 2.75) is 25.1 Å². The second-order valence-electron chi connectivity index (χ2n) is 7.66. The fraction of sp³-hybridized carbons (Fsp3) is 0.240. The Morgan fingerprint density at radius 3 is 1.93 bits per heavy atom. The first-order valence-corrected chi connectivity index (χ1v) is 10.2. The first-order valence-electron chi connectivity index (χ1n) is 10.2. The SMILES string of the molecule is CC(NC(=O)O)c1ccc(OC2CN(C(c3ccccc3)c3ccccc3)C2)cc1. The molecule has 1 heterocycles. The number of hydrogen-bond donors (Lipinski definition) is 2. The molecule has 1 saturated heterocycles. The quantitative estimate of drug-likeness (QED) is 0.592. The van der Waals surface area contributed by atoms with Crippen molar-refractivity contribution in [3.63, 3.8) is 0 Å². The van der Waals surface area contributed by atoms with Crippen molar-refractivity contribution in [3.8, 4) is 5.75 Å². The van der Waals surface area contributed by atoms with Crippen LogP contribution in [0.2, 0.25) is 0 Å². The molecule has 30 heavy (non-hydrogen) atoms. The summed E-state index contributed by atoms with van der Waals surface area (Å²) in [6, 6.07) is 28.7. The van der Waals surface area contributed by atoms with Crippen LogP contribution in [0.25, 0.3) is 0 Å². The van der Waals surface area contributed by atoms with E-state index in [1.54, 1.807) is 0 Å². The van der Waals surface area contributed by atoms with Crippen molar-refractivity contribution in [1.82, 2.24) is 10.2 Å². The minimum atomic E-state index is -1.02. The second-order valence-corrected chi connectivity index (χ2v) is 7.66. The Morgan fingerprint density at radius 2 is 1.43 bits per heavy atom. The molecule has 0 saturated carbocycles. The number of carboxylic acid groups (broad SMARTS) is 1. The summed E-state index contributed by atoms with van der Waals surface area (Å²) in [7, 11) is 0. The van der Waals surface area contributed by atoms with Crippen LogP contribution >= 0.6 is 0 Å². The van der Waals surface area contributed by atoms with Gasteiger partial charge >= 0.3 is 6.09 Å². The minimum absolute atomic E-state index is 0.139. The van der Waals surface area contributed by atoms with Gasteiger partial charge in [0.15, 0.2) is 0 Å². The molecule has 1 unspecified atom stereocenters. The summed E-state index contributed by atoms with van der Waals surface area (Å²) >= 11 is 0. The van der Waals surface area contributed by atoms with E-state index in [9.17, 15) is 4.79 Å². The van der Waals surface area contributed by atoms with Gasteiger partial charge in [-0.2, -0.15) is 0 Å². The molecule has 3 aromatic rings. The molecule has 3 aromatic carbocycles. The average molecular weight is 402 g/mol. The number of nitrogens with zero attached hydrogens (tertiary/aromatic N) is 1. The summed E-state index contributed by atoms with van der Waals surface area (Å²) < 4.78 is 6.14. The maximum Gasteiger partial charge on any atom is 0.405 e. The van der Waals surface area contributed by atoms with Crippen molar-refractivity contribution >= 4 is 6.09 Å². The lowest BCUT2D eigenvalue weighted by Gasteiger charge is -2.44. The van der Waals surface area contributed by atoms with Crippen LogP contribution in [0.4, 0.5) is 4.79 Å². The molecule has 0 spiro atoms. The lowest BCUT2D eigenvalue weighted by atomic mass is 9.94. The van der Waals surface area contributed by atoms with E-state index in [4.69, 9.17) is 9.84 Å². The monoisotopic (exact) mass is 402 g/mol. The molecule has 0 bridgehead atoms. The van der Waals surface area contributed by atoms with Crippen molar-refractivity contribution in [3.05, 3.63) is 102 Å². The van der Waals surface area contributed by atoms with Crippen LogP contribution in [0.5, 0.6) is 5.75 Å². The number of amides is 1. The van der Waals surface area contributed by atoms with E-state index in [1.807, 2.05) is 43.3 Å². The molecule has 1 amide bonds. The summed E-state index contributed by atoms with van der Waals surface area (Å²) in [4.78, 5) is 13.2. The van der Waals surface area contributed by atoms with Crippen LogP contribution in [0, 0.1) is 0 Å². The Balaban J connectivity index is 1.39. The van der Waals surface area contributed by atoms with E-state index < -0.39 is 6.09 Å². The Hall–Kier alpha value is -3.31. The van der Waals surface area contributed by atoms with Gasteiger partial charge in [-0.25, -0.2) is 4.79 Å². The van der Waals surface area contributed by atoms with Crippen LogP contribution in [-0.2, 0) is 0 Å². The largest absolute Gasteiger partial charge is 0.488 e. The van der Waals surface area contributed by atoms with Gasteiger partial charge in [0.2, 0.25) is 0 Å². The topological polar surface area (TPSA) is 61.8 Å². The highest BCUT2D eigenvalue weighted by molar-refractivity contribution is 5.65. The van der Waals surface area contributed by atoms with Gasteiger partial charge in [-0.05, 0) is 35.7 Å². The van der Waals surface area contributed by atoms with Crippen LogP contribution in [0.15, 0.2) is 84.9 Å². The van der Waals surface area contributed by atoms with Crippen molar-refractivity contribution in [1.29, 1.82) is 0 Å². The van der Waals surface area contributed by atoms with Crippen molar-refractivity contribution in [2.24, 2.45) is 0 Å². The Labute approximate surface area is 176 Å². The zero-order valence-electron chi connectivity index (χ0n) is 16.9. The molecular weight excluding hydrogens is 376 g/mol. The Kier molecular flexibility index (Phi) is 6.00. The van der Waals surface area contributed by atoms with Gasteiger partial charge in [0.25, 0.3) is 0 Å². The van der Waals surface area contributed by atoms with E-state index >= 15 is 0 Å². The Bertz CT molecular complexity index is 915. The van der Waals surface area contributed by atoms with E-state index in [1.165, 1.54) is 11.1 Å². The molecule has 1 fully saturated rings. The number of ether oxygens (including phenoxy) is 1. The molecule has 5 heteroatoms. The lowest BCUT2D eigenvalue weighted by Crippen LogP contribution is -2.55. The predicted octanol–water partition coefficient (Wildman–Crippen LogP) is 4.87. The van der Waals surface area contributed by atoms with Crippen LogP contribution in [0.1, 0.15) is 35.7 Å². The lowest BCUT2D eigenvalue weighted by molar-refractivity contribution is 0.000279. The summed E-state index contributed by atoms with van der Waals surface area (Å²) in [5.74, 6) is 0.807. The van der Waals surface area contributed by atoms with Gasteiger partial charge in [0.1, 0.15) is 11.9 Å². The third-order valence-electron chi connectivity index (χ3n) is 5.49. The number of rotatable bonds is 7. The predicted molar refractivity (Wildman–Crippen MR) is 117 cm³/mol. The number of nitrogens with one attached hydrogen (secondary N) is 1. The van der Waals surface area contributed by atoms with E-state index in [0.717, 1.165) is 24.4 Å². The van der Waals surface area contributed by atoms with Gasteiger partial charge in [0, 0.05) is 13.1 Å². The normalized spacial score (nSPS) is 15.4. The summed E-state index contributed by atoms with van der Waals surface area (Å²) in [6.45, 7) is 3.53. The minimum Gasteiger partial charge on any atom is -0.488 e. The highest BCUT2D eigenvalue weighted by atomic mass is 16.5. The van der Waals surface area contributed by atoms with E-state index in [2.05, 4.69) is 58.7 Å². The second kappa shape index (κ2) is 9.01. The van der Waals surface area contributed by atoms with Gasteiger partial charge in [-0.3, -0.25) is 4.90 Å². The maximum atomic E-state index is 10.8. The highest BCUT2D eigenvalue weighted by Gasteiger charge is 2.35. The fourth-order valence-corrected chi connectivity index (χ4v) is 3.94. The molecule has 154 valence electrons. The van der Waals surface area contributed by atoms with Crippen LogP contribution in [0.3, 0.4) is 0 Å². The Morgan fingerprint density at radius 1 is 0.900 bits per heavy atom. The van der Waals surface area contributed by atoms with Gasteiger partial charge < -0.3 is 15.2 Å². The van der Waals surface area contributed by atoms with E-state index in [0.29, 0.717) is 0 Å². The number of benzene rings is 3. The van der Waals surface area contributed by atoms with E-state index in [-0.39, 0.29) is 18.2 Å². The molecule has 5 nitrogen and oxygen atoms in total. The van der Waals surface area contributed by atoms with Gasteiger partial charge in [0.05, 0.1) is 12.1 Å². The maximum absolute atomic E-state index is 10.8. The third-order valence-corrected chi connectivity index (χ3v) is 5.49. The van der Waals surface area contributed by atoms with Crippen molar-refractivity contribution < 1.29 is 14.6 Å². The van der Waals surface area contributed by atoms with Crippen LogP contribution < -0.4 is 10.1 Å². The van der Waals surface area contributed by atoms with Gasteiger partial charge in [-0.15, -0.1) is 0 Å². The summed E-state index contributed by atoms with van der Waals surface area (Å²) in [6.07, 6.45) is -0.885. The average Bonchev–Trinajstić information content (AvgIpc) is 2.73. The molecule has 0 aromatic heterocycles. The zero-order chi connectivity index (χ0) is 20.9. The molecule has 2 N–H and O–H groups in total. The van der Waals surface area contributed by atoms with Gasteiger partial charge in [-0.1, -0.05) is 72.8 Å². The first-order chi connectivity index (χ1) is 14.6. The number of likely N-dealkylation sites (tertiary alicyclic amines) is 1. The first kappa shape index (κ1) is 20.0. The molecule has 1 atom stereocenters. The zero-order valence-corrected chi connectivity index (χ0v) is 16.9. The molecule has 4 rings (SSSR count).